The van der Waals surface area contributed by atoms with Crippen LogP contribution in [-0.4, -0.2) is 24.2 Å². The van der Waals surface area contributed by atoms with Crippen molar-refractivity contribution >= 4 is 43.5 Å². The van der Waals surface area contributed by atoms with Gasteiger partial charge in [-0.1, -0.05) is 18.2 Å². The molecule has 2 N–H and O–H groups in total. The summed E-state index contributed by atoms with van der Waals surface area (Å²) >= 11 is 6.93. The third-order valence-corrected chi connectivity index (χ3v) is 4.06. The van der Waals surface area contributed by atoms with Gasteiger partial charge in [0.15, 0.2) is 0 Å². The Bertz CT molecular complexity index is 626. The molecule has 0 heterocycles. The smallest absolute Gasteiger partial charge is 0.339 e. The van der Waals surface area contributed by atoms with Gasteiger partial charge in [-0.2, -0.15) is 0 Å². The molecule has 0 saturated heterocycles. The molecule has 0 spiro atoms. The maximum absolute atomic E-state index is 11.1. The highest BCUT2D eigenvalue weighted by molar-refractivity contribution is 9.11. The Morgan fingerprint density at radius 2 is 1.76 bits per heavy atom. The summed E-state index contributed by atoms with van der Waals surface area (Å²) in [7, 11) is 0. The molecule has 0 radical (unpaired) electrons. The van der Waals surface area contributed by atoms with Gasteiger partial charge < -0.3 is 15.2 Å². The lowest BCUT2D eigenvalue weighted by molar-refractivity contribution is 0.0692. The first kappa shape index (κ1) is 15.9. The van der Waals surface area contributed by atoms with Crippen LogP contribution in [0.2, 0.25) is 0 Å². The number of carboxylic acid groups (broad SMARTS) is 1. The number of rotatable bonds is 6. The number of hydrogen-bond donors (Lipinski definition) is 2. The van der Waals surface area contributed by atoms with Crippen LogP contribution in [0.25, 0.3) is 0 Å². The molecule has 0 aromatic heterocycles. The molecule has 0 bridgehead atoms. The third-order valence-electron chi connectivity index (χ3n) is 2.74. The van der Waals surface area contributed by atoms with Crippen molar-refractivity contribution in [3.8, 4) is 5.75 Å². The Morgan fingerprint density at radius 3 is 2.43 bits per heavy atom. The van der Waals surface area contributed by atoms with E-state index in [9.17, 15) is 4.79 Å². The lowest BCUT2D eigenvalue weighted by Crippen LogP contribution is -2.13. The summed E-state index contributed by atoms with van der Waals surface area (Å²) in [6, 6.07) is 12.4. The Kier molecular flexibility index (Phi) is 5.64. The van der Waals surface area contributed by atoms with E-state index in [4.69, 9.17) is 9.84 Å². The Morgan fingerprint density at radius 1 is 1.10 bits per heavy atom. The molecule has 6 heteroatoms. The van der Waals surface area contributed by atoms with Gasteiger partial charge in [0.2, 0.25) is 0 Å². The summed E-state index contributed by atoms with van der Waals surface area (Å²) in [6.07, 6.45) is 0. The minimum Gasteiger partial charge on any atom is -0.491 e. The second-order valence-corrected chi connectivity index (χ2v) is 5.88. The van der Waals surface area contributed by atoms with Gasteiger partial charge >= 0.3 is 5.97 Å². The van der Waals surface area contributed by atoms with Gasteiger partial charge in [0.25, 0.3) is 0 Å². The van der Waals surface area contributed by atoms with Crippen molar-refractivity contribution in [3.05, 3.63) is 57.0 Å². The van der Waals surface area contributed by atoms with Gasteiger partial charge in [-0.3, -0.25) is 0 Å². The highest BCUT2D eigenvalue weighted by Gasteiger charge is 2.10. The van der Waals surface area contributed by atoms with Gasteiger partial charge in [-0.25, -0.2) is 4.79 Å². The average molecular weight is 415 g/mol. The molecule has 2 rings (SSSR count). The molecule has 0 fully saturated rings. The van der Waals surface area contributed by atoms with Crippen LogP contribution in [0.5, 0.6) is 5.75 Å². The van der Waals surface area contributed by atoms with Crippen LogP contribution in [0.1, 0.15) is 10.4 Å². The van der Waals surface area contributed by atoms with Crippen LogP contribution < -0.4 is 10.1 Å². The first-order valence-corrected chi connectivity index (χ1v) is 7.81. The molecule has 2 aromatic carbocycles. The first-order valence-electron chi connectivity index (χ1n) is 6.22. The molecule has 0 amide bonds. The van der Waals surface area contributed by atoms with Crippen LogP contribution in [0.4, 0.5) is 5.69 Å². The quantitative estimate of drug-likeness (QED) is 0.687. The number of para-hydroxylation sites is 2. The number of carboxylic acids is 1. The van der Waals surface area contributed by atoms with Crippen LogP contribution in [0.3, 0.4) is 0 Å². The van der Waals surface area contributed by atoms with E-state index < -0.39 is 5.97 Å². The average Bonchev–Trinajstić information content (AvgIpc) is 2.46. The molecule has 0 aliphatic rings. The Balaban J connectivity index is 1.92. The number of benzene rings is 2. The molecular formula is C15H13Br2NO3. The van der Waals surface area contributed by atoms with E-state index in [1.807, 2.05) is 18.2 Å². The van der Waals surface area contributed by atoms with Crippen molar-refractivity contribution in [3.63, 3.8) is 0 Å². The SMILES string of the molecule is O=C(O)c1ccccc1OCCNc1c(Br)cccc1Br. The summed E-state index contributed by atoms with van der Waals surface area (Å²) in [5.41, 5.74) is 1.10. The highest BCUT2D eigenvalue weighted by atomic mass is 79.9. The van der Waals surface area contributed by atoms with Crippen molar-refractivity contribution in [1.29, 1.82) is 0 Å². The zero-order valence-electron chi connectivity index (χ0n) is 11.0. The van der Waals surface area contributed by atoms with Gasteiger partial charge in [0.05, 0.1) is 5.69 Å². The van der Waals surface area contributed by atoms with E-state index in [0.717, 1.165) is 14.6 Å². The highest BCUT2D eigenvalue weighted by Crippen LogP contribution is 2.30. The molecule has 4 nitrogen and oxygen atoms in total. The van der Waals surface area contributed by atoms with Crippen LogP contribution >= 0.6 is 31.9 Å². The van der Waals surface area contributed by atoms with Crippen molar-refractivity contribution in [1.82, 2.24) is 0 Å². The predicted octanol–water partition coefficient (Wildman–Crippen LogP) is 4.40. The normalized spacial score (nSPS) is 10.2. The van der Waals surface area contributed by atoms with E-state index in [0.29, 0.717) is 18.9 Å². The predicted molar refractivity (Wildman–Crippen MR) is 89.2 cm³/mol. The maximum atomic E-state index is 11.1. The van der Waals surface area contributed by atoms with Gasteiger partial charge in [-0.05, 0) is 56.1 Å². The van der Waals surface area contributed by atoms with E-state index in [2.05, 4.69) is 37.2 Å². The summed E-state index contributed by atoms with van der Waals surface area (Å²) < 4.78 is 7.42. The van der Waals surface area contributed by atoms with Crippen molar-refractivity contribution < 1.29 is 14.6 Å². The van der Waals surface area contributed by atoms with Crippen molar-refractivity contribution in [2.75, 3.05) is 18.5 Å². The standard InChI is InChI=1S/C15H13Br2NO3/c16-11-5-3-6-12(17)14(11)18-8-9-21-13-7-2-1-4-10(13)15(19)20/h1-7,18H,8-9H2,(H,19,20). The molecule has 21 heavy (non-hydrogen) atoms. The summed E-state index contributed by atoms with van der Waals surface area (Å²) in [5.74, 6) is -0.620. The molecule has 0 aliphatic carbocycles. The van der Waals surface area contributed by atoms with Crippen LogP contribution in [0, 0.1) is 0 Å². The second-order valence-electron chi connectivity index (χ2n) is 4.17. The van der Waals surface area contributed by atoms with E-state index in [1.54, 1.807) is 18.2 Å². The number of halogens is 2. The summed E-state index contributed by atoms with van der Waals surface area (Å²) in [6.45, 7) is 0.910. The van der Waals surface area contributed by atoms with Crippen LogP contribution in [0.15, 0.2) is 51.4 Å². The first-order chi connectivity index (χ1) is 10.1. The molecule has 2 aromatic rings. The van der Waals surface area contributed by atoms with Crippen molar-refractivity contribution in [2.45, 2.75) is 0 Å². The summed E-state index contributed by atoms with van der Waals surface area (Å²) in [4.78, 5) is 11.1. The zero-order valence-corrected chi connectivity index (χ0v) is 14.1. The number of ether oxygens (including phenoxy) is 1. The maximum Gasteiger partial charge on any atom is 0.339 e. The van der Waals surface area contributed by atoms with E-state index >= 15 is 0 Å². The zero-order chi connectivity index (χ0) is 15.2. The molecule has 0 unspecified atom stereocenters. The third kappa shape index (κ3) is 4.22. The molecule has 0 atom stereocenters. The van der Waals surface area contributed by atoms with Gasteiger partial charge in [0, 0.05) is 15.5 Å². The lowest BCUT2D eigenvalue weighted by atomic mass is 10.2. The molecular weight excluding hydrogens is 402 g/mol. The number of carbonyl (C=O) groups is 1. The fourth-order valence-electron chi connectivity index (χ4n) is 1.77. The minimum atomic E-state index is -0.993. The Labute approximate surface area is 139 Å². The second kappa shape index (κ2) is 7.47. The number of hydrogen-bond acceptors (Lipinski definition) is 3. The summed E-state index contributed by atoms with van der Waals surface area (Å²) in [5, 5.41) is 12.3. The fraction of sp³-hybridized carbons (Fsp3) is 0.133. The monoisotopic (exact) mass is 413 g/mol. The van der Waals surface area contributed by atoms with Gasteiger partial charge in [-0.15, -0.1) is 0 Å². The Hall–Kier alpha value is -1.53. The lowest BCUT2D eigenvalue weighted by Gasteiger charge is -2.12. The van der Waals surface area contributed by atoms with Crippen molar-refractivity contribution in [2.24, 2.45) is 0 Å². The van der Waals surface area contributed by atoms with E-state index in [-0.39, 0.29) is 5.56 Å². The van der Waals surface area contributed by atoms with Gasteiger partial charge in [0.1, 0.15) is 17.9 Å². The number of nitrogens with one attached hydrogen (secondary N) is 1. The molecule has 110 valence electrons. The fourth-order valence-corrected chi connectivity index (χ4v) is 3.05. The van der Waals surface area contributed by atoms with E-state index in [1.165, 1.54) is 6.07 Å². The number of anilines is 1. The topological polar surface area (TPSA) is 58.6 Å². The molecule has 0 aliphatic heterocycles. The number of aromatic carboxylic acids is 1. The largest absolute Gasteiger partial charge is 0.491 e. The molecule has 0 saturated carbocycles. The minimum absolute atomic E-state index is 0.166. The van der Waals surface area contributed by atoms with Crippen LogP contribution in [-0.2, 0) is 0 Å².